The lowest BCUT2D eigenvalue weighted by Crippen LogP contribution is -2.41. The molecule has 0 aromatic rings. The van der Waals surface area contributed by atoms with E-state index in [1.165, 1.54) is 0 Å². The maximum atomic E-state index is 10.0. The number of aliphatic hydroxyl groups is 1. The van der Waals surface area contributed by atoms with Crippen LogP contribution in [0.15, 0.2) is 0 Å². The highest BCUT2D eigenvalue weighted by molar-refractivity contribution is 9.09. The highest BCUT2D eigenvalue weighted by Crippen LogP contribution is 2.38. The van der Waals surface area contributed by atoms with Crippen molar-refractivity contribution in [3.05, 3.63) is 0 Å². The van der Waals surface area contributed by atoms with Crippen molar-refractivity contribution in [2.45, 2.75) is 58.7 Å². The van der Waals surface area contributed by atoms with Crippen LogP contribution >= 0.6 is 15.9 Å². The molecule has 0 aromatic carbocycles. The second-order valence-corrected chi connectivity index (χ2v) is 5.51. The van der Waals surface area contributed by atoms with Gasteiger partial charge in [-0.15, -0.1) is 0 Å². The van der Waals surface area contributed by atoms with E-state index in [-0.39, 0.29) is 17.1 Å². The molecule has 0 saturated carbocycles. The molecule has 0 aliphatic heterocycles. The number of rotatable bonds is 7. The zero-order valence-corrected chi connectivity index (χ0v) is 12.2. The van der Waals surface area contributed by atoms with Crippen molar-refractivity contribution in [3.63, 3.8) is 0 Å². The molecule has 0 aliphatic carbocycles. The summed E-state index contributed by atoms with van der Waals surface area (Å²) in [6.45, 7) is 8.49. The summed E-state index contributed by atoms with van der Waals surface area (Å²) >= 11 is 3.35. The summed E-state index contributed by atoms with van der Waals surface area (Å²) in [6.07, 6.45) is 2.49. The second-order valence-electron chi connectivity index (χ2n) is 4.86. The normalized spacial score (nSPS) is 21.8. The molecule has 0 saturated heterocycles. The Morgan fingerprint density at radius 2 is 1.80 bits per heavy atom. The molecule has 0 rings (SSSR count). The average Bonchev–Trinajstić information content (AvgIpc) is 2.27. The van der Waals surface area contributed by atoms with Crippen LogP contribution in [0.25, 0.3) is 0 Å². The average molecular weight is 281 g/mol. The van der Waals surface area contributed by atoms with Gasteiger partial charge in [0.05, 0.1) is 11.7 Å². The summed E-state index contributed by atoms with van der Waals surface area (Å²) in [5, 5.41) is 10.7. The van der Waals surface area contributed by atoms with Crippen LogP contribution in [0.5, 0.6) is 0 Å². The second kappa shape index (κ2) is 6.21. The first-order valence-electron chi connectivity index (χ1n) is 5.66. The van der Waals surface area contributed by atoms with E-state index in [4.69, 9.17) is 4.74 Å². The molecule has 2 nitrogen and oxygen atoms in total. The van der Waals surface area contributed by atoms with Gasteiger partial charge < -0.3 is 9.84 Å². The minimum atomic E-state index is -0.316. The molecule has 0 amide bonds. The first kappa shape index (κ1) is 15.4. The summed E-state index contributed by atoms with van der Waals surface area (Å²) in [6, 6.07) is 0. The third-order valence-electron chi connectivity index (χ3n) is 3.78. The van der Waals surface area contributed by atoms with Crippen molar-refractivity contribution in [1.82, 2.24) is 0 Å². The standard InChI is InChI=1S/C12H25BrO2/c1-6-11(3,10(14)8-13)9-12(4,7-2)15-5/h10,14H,6-9H2,1-5H3. The van der Waals surface area contributed by atoms with E-state index in [2.05, 4.69) is 43.6 Å². The predicted octanol–water partition coefficient (Wildman–Crippen LogP) is 3.36. The molecule has 0 aromatic heterocycles. The van der Waals surface area contributed by atoms with Gasteiger partial charge in [-0.25, -0.2) is 0 Å². The molecule has 3 atom stereocenters. The van der Waals surface area contributed by atoms with Crippen molar-refractivity contribution < 1.29 is 9.84 Å². The van der Waals surface area contributed by atoms with Crippen LogP contribution in [-0.2, 0) is 4.74 Å². The van der Waals surface area contributed by atoms with Crippen LogP contribution in [0, 0.1) is 5.41 Å². The van der Waals surface area contributed by atoms with Crippen LogP contribution in [-0.4, -0.2) is 29.3 Å². The van der Waals surface area contributed by atoms with Gasteiger partial charge in [-0.2, -0.15) is 0 Å². The van der Waals surface area contributed by atoms with E-state index in [9.17, 15) is 5.11 Å². The molecule has 0 bridgehead atoms. The molecule has 0 fully saturated rings. The third-order valence-corrected chi connectivity index (χ3v) is 4.39. The van der Waals surface area contributed by atoms with Gasteiger partial charge >= 0.3 is 0 Å². The zero-order valence-electron chi connectivity index (χ0n) is 10.6. The number of halogens is 1. The first-order valence-corrected chi connectivity index (χ1v) is 6.78. The maximum absolute atomic E-state index is 10.0. The number of methoxy groups -OCH3 is 1. The summed E-state index contributed by atoms with van der Waals surface area (Å²) in [7, 11) is 1.75. The van der Waals surface area contributed by atoms with Crippen LogP contribution in [0.3, 0.4) is 0 Å². The molecule has 92 valence electrons. The van der Waals surface area contributed by atoms with Gasteiger partial charge in [0.25, 0.3) is 0 Å². The zero-order chi connectivity index (χ0) is 12.1. The van der Waals surface area contributed by atoms with Crippen LogP contribution in [0.4, 0.5) is 0 Å². The molecular weight excluding hydrogens is 256 g/mol. The summed E-state index contributed by atoms with van der Waals surface area (Å²) in [4.78, 5) is 0. The van der Waals surface area contributed by atoms with Gasteiger partial charge in [0.1, 0.15) is 0 Å². The predicted molar refractivity (Wildman–Crippen MR) is 68.5 cm³/mol. The molecule has 15 heavy (non-hydrogen) atoms. The fourth-order valence-electron chi connectivity index (χ4n) is 1.86. The molecule has 0 spiro atoms. The highest BCUT2D eigenvalue weighted by Gasteiger charge is 2.37. The summed E-state index contributed by atoms with van der Waals surface area (Å²) in [5.41, 5.74) is -0.210. The molecule has 3 unspecified atom stereocenters. The first-order chi connectivity index (χ1) is 6.87. The van der Waals surface area contributed by atoms with Gasteiger partial charge in [-0.05, 0) is 31.6 Å². The Hall–Kier alpha value is 0.400. The number of hydrogen-bond acceptors (Lipinski definition) is 2. The van der Waals surface area contributed by atoms with E-state index in [1.807, 2.05) is 0 Å². The smallest absolute Gasteiger partial charge is 0.0691 e. The SMILES string of the molecule is CCC(C)(CC(C)(CC)C(O)CBr)OC. The van der Waals surface area contributed by atoms with Gasteiger partial charge in [0.2, 0.25) is 0 Å². The lowest BCUT2D eigenvalue weighted by molar-refractivity contribution is -0.0653. The van der Waals surface area contributed by atoms with E-state index >= 15 is 0 Å². The van der Waals surface area contributed by atoms with Crippen molar-refractivity contribution in [2.75, 3.05) is 12.4 Å². The summed E-state index contributed by atoms with van der Waals surface area (Å²) < 4.78 is 5.55. The third kappa shape index (κ3) is 4.04. The maximum Gasteiger partial charge on any atom is 0.0691 e. The van der Waals surface area contributed by atoms with Crippen molar-refractivity contribution in [3.8, 4) is 0 Å². The lowest BCUT2D eigenvalue weighted by Gasteiger charge is -2.40. The molecule has 0 radical (unpaired) electrons. The Bertz CT molecular complexity index is 180. The van der Waals surface area contributed by atoms with Crippen LogP contribution < -0.4 is 0 Å². The topological polar surface area (TPSA) is 29.5 Å². The quantitative estimate of drug-likeness (QED) is 0.725. The fraction of sp³-hybridized carbons (Fsp3) is 1.00. The van der Waals surface area contributed by atoms with Crippen LogP contribution in [0.1, 0.15) is 47.0 Å². The van der Waals surface area contributed by atoms with Crippen molar-refractivity contribution in [1.29, 1.82) is 0 Å². The highest BCUT2D eigenvalue weighted by atomic mass is 79.9. The van der Waals surface area contributed by atoms with Gasteiger partial charge in [0.15, 0.2) is 0 Å². The summed E-state index contributed by atoms with van der Waals surface area (Å²) in [5.74, 6) is 0. The Labute approximate surface area is 103 Å². The fourth-order valence-corrected chi connectivity index (χ4v) is 2.64. The largest absolute Gasteiger partial charge is 0.392 e. The Balaban J connectivity index is 4.68. The number of aliphatic hydroxyl groups excluding tert-OH is 1. The van der Waals surface area contributed by atoms with Gasteiger partial charge in [-0.1, -0.05) is 36.7 Å². The van der Waals surface area contributed by atoms with Gasteiger partial charge in [-0.3, -0.25) is 0 Å². The molecule has 1 N–H and O–H groups in total. The minimum absolute atomic E-state index is 0.0791. The minimum Gasteiger partial charge on any atom is -0.392 e. The Morgan fingerprint density at radius 1 is 1.27 bits per heavy atom. The number of hydrogen-bond donors (Lipinski definition) is 1. The lowest BCUT2D eigenvalue weighted by atomic mass is 9.73. The number of alkyl halides is 1. The molecule has 0 heterocycles. The Kier molecular flexibility index (Phi) is 6.38. The number of ether oxygens (including phenoxy) is 1. The van der Waals surface area contributed by atoms with Gasteiger partial charge in [0, 0.05) is 12.4 Å². The molecule has 3 heteroatoms. The van der Waals surface area contributed by atoms with Crippen molar-refractivity contribution >= 4 is 15.9 Å². The van der Waals surface area contributed by atoms with E-state index in [0.717, 1.165) is 19.3 Å². The monoisotopic (exact) mass is 280 g/mol. The molecule has 0 aliphatic rings. The van der Waals surface area contributed by atoms with E-state index in [0.29, 0.717) is 5.33 Å². The molecular formula is C12H25BrO2. The van der Waals surface area contributed by atoms with Crippen LogP contribution in [0.2, 0.25) is 0 Å². The van der Waals surface area contributed by atoms with Crippen molar-refractivity contribution in [2.24, 2.45) is 5.41 Å². The van der Waals surface area contributed by atoms with E-state index in [1.54, 1.807) is 7.11 Å². The van der Waals surface area contributed by atoms with E-state index < -0.39 is 0 Å². The Morgan fingerprint density at radius 3 is 2.07 bits per heavy atom.